The van der Waals surface area contributed by atoms with Gasteiger partial charge >= 0.3 is 0 Å². The van der Waals surface area contributed by atoms with Gasteiger partial charge in [-0.2, -0.15) is 0 Å². The highest BCUT2D eigenvalue weighted by Gasteiger charge is 2.65. The third-order valence-corrected chi connectivity index (χ3v) is 34.7. The number of fused-ring (bicyclic) bond motifs is 18. The molecule has 114 heavy (non-hydrogen) atoms. The van der Waals surface area contributed by atoms with E-state index < -0.39 is 0 Å². The summed E-state index contributed by atoms with van der Waals surface area (Å²) in [4.78, 5) is 11.0. The van der Waals surface area contributed by atoms with E-state index in [4.69, 9.17) is 0 Å². The van der Waals surface area contributed by atoms with Crippen molar-refractivity contribution in [3.8, 4) is 44.5 Å². The van der Waals surface area contributed by atoms with E-state index in [1.807, 2.05) is 0 Å². The summed E-state index contributed by atoms with van der Waals surface area (Å²) < 4.78 is 0. The fourth-order valence-corrected chi connectivity index (χ4v) is 27.5. The second-order valence-corrected chi connectivity index (χ2v) is 38.8. The van der Waals surface area contributed by atoms with E-state index in [-0.39, 0.29) is 43.8 Å². The Morgan fingerprint density at radius 1 is 0.228 bits per heavy atom. The highest BCUT2D eigenvalue weighted by atomic mass is 15.3. The van der Waals surface area contributed by atoms with E-state index in [9.17, 15) is 0 Å². The minimum absolute atomic E-state index is 0.0649. The van der Waals surface area contributed by atoms with Crippen LogP contribution >= 0.6 is 0 Å². The summed E-state index contributed by atoms with van der Waals surface area (Å²) >= 11 is 0. The van der Waals surface area contributed by atoms with E-state index in [1.54, 1.807) is 0 Å². The average Bonchev–Trinajstić information content (AvgIpc) is 1.55. The molecule has 0 bridgehead atoms. The Kier molecular flexibility index (Phi) is 14.3. The summed E-state index contributed by atoms with van der Waals surface area (Å²) in [6.07, 6.45) is 14.5. The van der Waals surface area contributed by atoms with Crippen LogP contribution < -0.4 is 19.6 Å². The first-order valence-corrected chi connectivity index (χ1v) is 43.6. The van der Waals surface area contributed by atoms with Gasteiger partial charge in [0.15, 0.2) is 0 Å². The highest BCUT2D eigenvalue weighted by molar-refractivity contribution is 6.40. The molecule has 4 aliphatic heterocycles. The number of nitrogens with zero attached hydrogens (tertiary/aromatic N) is 4. The Morgan fingerprint density at radius 3 is 0.667 bits per heavy atom. The van der Waals surface area contributed by atoms with Crippen LogP contribution in [0.1, 0.15) is 182 Å². The molecule has 8 aliphatic rings. The Balaban J connectivity index is 0.762. The summed E-state index contributed by atoms with van der Waals surface area (Å²) in [7, 11) is 0. The standard InChI is InChI=1S/C110H106N4/c1-67-29-25-57-103(5)91-61-71(41-53-95(91)111(107(67,103)9)75-33-17-13-18-34-75)79-45-49-83-87-65-89-85-51-47-81(73-43-55-97-93(63-73)105(7)59-27-31-69(3)109(105,11)113(97)77-37-21-15-22-38-77)100-82(74-44-56-98-94(64-74)106(8)60-28-32-70(4)110(106,12)114(98)78-39-23-16-24-40-78)48-52-86(102(85)100)90(89)66-88(87)84-50-46-80(99(79)101(83)84)72-42-54-96-92(62-72)104(6)58-26-30-68(2)108(104,10)112(96)76-35-19-14-20-36-76/h13-24,33-56,61-70H,25-32,57-60H2,1-12H3. The van der Waals surface area contributed by atoms with Crippen LogP contribution in [0, 0.1) is 23.7 Å². The molecule has 15 aromatic rings. The molecule has 0 radical (unpaired) electrons. The van der Waals surface area contributed by atoms with Crippen LogP contribution in [-0.4, -0.2) is 22.2 Å². The van der Waals surface area contributed by atoms with Gasteiger partial charge in [0, 0.05) is 67.2 Å². The molecule has 0 amide bonds. The van der Waals surface area contributed by atoms with Crippen LogP contribution in [0.3, 0.4) is 0 Å². The first-order chi connectivity index (χ1) is 55.2. The second kappa shape index (κ2) is 23.6. The van der Waals surface area contributed by atoms with Crippen LogP contribution in [-0.2, 0) is 21.7 Å². The summed E-state index contributed by atoms with van der Waals surface area (Å²) in [6, 6.07) is 102. The molecular formula is C110H106N4. The lowest BCUT2D eigenvalue weighted by atomic mass is 9.57. The fraction of sp³-hybridized carbons (Fsp3) is 0.327. The Labute approximate surface area is 674 Å². The average molecular weight is 1480 g/mol. The molecular weight excluding hydrogens is 1380 g/mol. The van der Waals surface area contributed by atoms with Gasteiger partial charge < -0.3 is 19.6 Å². The van der Waals surface area contributed by atoms with Crippen molar-refractivity contribution < 1.29 is 0 Å². The lowest BCUT2D eigenvalue weighted by Crippen LogP contribution is -2.59. The minimum atomic E-state index is -0.0999. The topological polar surface area (TPSA) is 13.0 Å². The van der Waals surface area contributed by atoms with E-state index in [0.29, 0.717) is 23.7 Å². The van der Waals surface area contributed by atoms with Gasteiger partial charge in [-0.15, -0.1) is 0 Å². The molecule has 4 fully saturated rings. The molecule has 0 N–H and O–H groups in total. The molecule has 4 heteroatoms. The van der Waals surface area contributed by atoms with E-state index in [2.05, 4.69) is 357 Å². The maximum absolute atomic E-state index is 2.76. The van der Waals surface area contributed by atoms with Crippen LogP contribution in [0.15, 0.2) is 255 Å². The monoisotopic (exact) mass is 1480 g/mol. The van der Waals surface area contributed by atoms with Crippen molar-refractivity contribution in [3.63, 3.8) is 0 Å². The fourth-order valence-electron chi connectivity index (χ4n) is 27.5. The molecule has 4 heterocycles. The zero-order valence-electron chi connectivity index (χ0n) is 68.8. The zero-order chi connectivity index (χ0) is 77.3. The molecule has 4 aliphatic carbocycles. The van der Waals surface area contributed by atoms with Crippen LogP contribution in [0.4, 0.5) is 45.5 Å². The van der Waals surface area contributed by atoms with Gasteiger partial charge in [-0.05, 0) is 343 Å². The number of benzene rings is 13. The summed E-state index contributed by atoms with van der Waals surface area (Å²) in [5, 5.41) is 16.2. The highest BCUT2D eigenvalue weighted by Crippen LogP contribution is 2.69. The lowest BCUT2D eigenvalue weighted by molar-refractivity contribution is 0.130. The van der Waals surface area contributed by atoms with E-state index >= 15 is 0 Å². The van der Waals surface area contributed by atoms with E-state index in [1.165, 1.54) is 228 Å². The van der Waals surface area contributed by atoms with Gasteiger partial charge in [-0.3, -0.25) is 0 Å². The Morgan fingerprint density at radius 2 is 0.447 bits per heavy atom. The Hall–Kier alpha value is -10.4. The molecule has 12 atom stereocenters. The molecule has 0 spiro atoms. The van der Waals surface area contributed by atoms with Crippen LogP contribution in [0.5, 0.6) is 0 Å². The predicted octanol–water partition coefficient (Wildman–Crippen LogP) is 30.1. The van der Waals surface area contributed by atoms with Gasteiger partial charge in [0.1, 0.15) is 0 Å². The number of rotatable bonds is 8. The van der Waals surface area contributed by atoms with Crippen molar-refractivity contribution in [3.05, 3.63) is 277 Å². The normalized spacial score (nSPS) is 29.4. The van der Waals surface area contributed by atoms with Crippen LogP contribution in [0.25, 0.3) is 109 Å². The van der Waals surface area contributed by atoms with Gasteiger partial charge in [-0.1, -0.05) is 227 Å². The van der Waals surface area contributed by atoms with Crippen molar-refractivity contribution in [2.75, 3.05) is 19.6 Å². The number of para-hydroxylation sites is 4. The van der Waals surface area contributed by atoms with E-state index in [0.717, 1.165) is 25.7 Å². The second-order valence-electron chi connectivity index (χ2n) is 38.8. The molecule has 4 nitrogen and oxygen atoms in total. The first kappa shape index (κ1) is 69.1. The minimum Gasteiger partial charge on any atom is -0.334 e. The number of hydrogen-bond acceptors (Lipinski definition) is 4. The van der Waals surface area contributed by atoms with Gasteiger partial charge in [-0.25, -0.2) is 0 Å². The third kappa shape index (κ3) is 8.41. The smallest absolute Gasteiger partial charge is 0.0543 e. The van der Waals surface area contributed by atoms with Gasteiger partial charge in [0.2, 0.25) is 0 Å². The maximum Gasteiger partial charge on any atom is 0.0543 e. The molecule has 4 saturated carbocycles. The summed E-state index contributed by atoms with van der Waals surface area (Å²) in [6.45, 7) is 30.9. The molecule has 566 valence electrons. The van der Waals surface area contributed by atoms with Crippen LogP contribution in [0.2, 0.25) is 0 Å². The SMILES string of the molecule is CC1CCCC2(C)c3cc(-c4ccc5c6cc7c(cc6c6ccc(-c8ccc9c(c8)C8(C)CCCC(C)C8(C)N9c8ccccc8)c4c56)c4ccc(-c5ccc6c(c5)C5(C)CCCC(C)C5(C)N6c5ccccc5)c5c(-c6ccc8c(c6)C6(C)CCCC(C)C6(C)N8c6ccccc6)ccc7c54)ccc3N(c3ccccc3)C12C. The Bertz CT molecular complexity index is 5750. The van der Waals surface area contributed by atoms with Gasteiger partial charge in [0.05, 0.1) is 22.2 Å². The van der Waals surface area contributed by atoms with Gasteiger partial charge in [0.25, 0.3) is 0 Å². The molecule has 0 saturated heterocycles. The lowest BCUT2D eigenvalue weighted by Gasteiger charge is -2.54. The summed E-state index contributed by atoms with van der Waals surface area (Å²) in [5.74, 6) is 2.01. The maximum atomic E-state index is 2.76. The predicted molar refractivity (Wildman–Crippen MR) is 485 cm³/mol. The largest absolute Gasteiger partial charge is 0.334 e. The molecule has 0 aromatic heterocycles. The third-order valence-electron chi connectivity index (χ3n) is 34.7. The summed E-state index contributed by atoms with van der Waals surface area (Å²) in [5.41, 5.74) is 26.4. The zero-order valence-corrected chi connectivity index (χ0v) is 68.8. The van der Waals surface area contributed by atoms with Crippen molar-refractivity contribution in [2.45, 2.75) is 204 Å². The molecule has 12 unspecified atom stereocenters. The van der Waals surface area contributed by atoms with Crippen molar-refractivity contribution in [1.29, 1.82) is 0 Å². The quantitative estimate of drug-likeness (QED) is 0.150. The number of hydrogen-bond donors (Lipinski definition) is 0. The van der Waals surface area contributed by atoms with Crippen molar-refractivity contribution in [1.82, 2.24) is 0 Å². The molecule has 23 rings (SSSR count). The number of anilines is 8. The first-order valence-electron chi connectivity index (χ1n) is 43.6. The van der Waals surface area contributed by atoms with Crippen molar-refractivity contribution in [2.24, 2.45) is 23.7 Å². The molecule has 15 aromatic carbocycles. The van der Waals surface area contributed by atoms with Crippen molar-refractivity contribution >= 4 is 110 Å².